The van der Waals surface area contributed by atoms with E-state index in [1.165, 1.54) is 18.5 Å². The summed E-state index contributed by atoms with van der Waals surface area (Å²) in [6.07, 6.45) is 6.39. The van der Waals surface area contributed by atoms with E-state index < -0.39 is 0 Å². The van der Waals surface area contributed by atoms with Crippen molar-refractivity contribution in [1.29, 1.82) is 0 Å². The molecule has 1 aromatic carbocycles. The zero-order valence-electron chi connectivity index (χ0n) is 9.74. The second kappa shape index (κ2) is 5.09. The second-order valence-electron chi connectivity index (χ2n) is 4.50. The molecule has 18 heavy (non-hydrogen) atoms. The van der Waals surface area contributed by atoms with Crippen molar-refractivity contribution < 1.29 is 0 Å². The zero-order chi connectivity index (χ0) is 12.5. The van der Waals surface area contributed by atoms with Crippen LogP contribution < -0.4 is 5.32 Å². The quantitative estimate of drug-likeness (QED) is 0.818. The normalized spacial score (nSPS) is 14.8. The van der Waals surface area contributed by atoms with E-state index in [4.69, 9.17) is 11.6 Å². The highest BCUT2D eigenvalue weighted by Gasteiger charge is 2.24. The van der Waals surface area contributed by atoms with Crippen LogP contribution in [0.2, 0.25) is 5.02 Å². The monoisotopic (exact) mass is 373 g/mol. The fourth-order valence-electron chi connectivity index (χ4n) is 1.97. The van der Waals surface area contributed by atoms with Gasteiger partial charge in [-0.2, -0.15) is 0 Å². The summed E-state index contributed by atoms with van der Waals surface area (Å²) in [4.78, 5) is 4.22. The number of hydrogen-bond acceptors (Lipinski definition) is 2. The molecule has 1 aliphatic rings. The number of benzene rings is 1. The van der Waals surface area contributed by atoms with Crippen LogP contribution in [-0.4, -0.2) is 9.55 Å². The van der Waals surface area contributed by atoms with E-state index in [2.05, 4.69) is 37.5 Å². The number of anilines is 1. The molecule has 0 bridgehead atoms. The summed E-state index contributed by atoms with van der Waals surface area (Å²) in [6, 6.07) is 6.69. The van der Waals surface area contributed by atoms with Crippen LogP contribution in [0, 0.1) is 3.57 Å². The third kappa shape index (κ3) is 2.64. The maximum absolute atomic E-state index is 6.19. The van der Waals surface area contributed by atoms with Crippen molar-refractivity contribution >= 4 is 39.9 Å². The number of nitrogens with one attached hydrogen (secondary N) is 1. The standard InChI is InChI=1S/C13H13ClIN3/c14-12-5-9(15)1-4-13(12)17-7-11-6-16-8-18(11)10-2-3-10/h1,4-6,8,10,17H,2-3,7H2. The Morgan fingerprint density at radius 1 is 1.44 bits per heavy atom. The van der Waals surface area contributed by atoms with E-state index in [0.29, 0.717) is 6.04 Å². The van der Waals surface area contributed by atoms with Crippen molar-refractivity contribution in [3.8, 4) is 0 Å². The van der Waals surface area contributed by atoms with Crippen molar-refractivity contribution in [2.24, 2.45) is 0 Å². The summed E-state index contributed by atoms with van der Waals surface area (Å²) in [5.41, 5.74) is 2.19. The fourth-order valence-corrected chi connectivity index (χ4v) is 2.89. The van der Waals surface area contributed by atoms with Gasteiger partial charge in [0.25, 0.3) is 0 Å². The second-order valence-corrected chi connectivity index (χ2v) is 6.15. The Balaban J connectivity index is 1.71. The van der Waals surface area contributed by atoms with E-state index in [-0.39, 0.29) is 0 Å². The number of rotatable bonds is 4. The van der Waals surface area contributed by atoms with Crippen molar-refractivity contribution in [1.82, 2.24) is 9.55 Å². The van der Waals surface area contributed by atoms with Crippen LogP contribution in [0.25, 0.3) is 0 Å². The number of imidazole rings is 1. The first-order valence-electron chi connectivity index (χ1n) is 5.93. The van der Waals surface area contributed by atoms with Gasteiger partial charge in [-0.25, -0.2) is 4.98 Å². The lowest BCUT2D eigenvalue weighted by molar-refractivity contribution is 0.701. The van der Waals surface area contributed by atoms with Gasteiger partial charge in [0.2, 0.25) is 0 Å². The summed E-state index contributed by atoms with van der Waals surface area (Å²) in [6.45, 7) is 0.761. The summed E-state index contributed by atoms with van der Waals surface area (Å²) in [5, 5.41) is 4.13. The van der Waals surface area contributed by atoms with Gasteiger partial charge >= 0.3 is 0 Å². The lowest BCUT2D eigenvalue weighted by Gasteiger charge is -2.10. The Morgan fingerprint density at radius 2 is 2.28 bits per heavy atom. The van der Waals surface area contributed by atoms with Crippen LogP contribution in [0.4, 0.5) is 5.69 Å². The average molecular weight is 374 g/mol. The van der Waals surface area contributed by atoms with Crippen LogP contribution in [0.3, 0.4) is 0 Å². The molecule has 1 heterocycles. The van der Waals surface area contributed by atoms with Crippen LogP contribution in [0.1, 0.15) is 24.6 Å². The maximum atomic E-state index is 6.19. The summed E-state index contributed by atoms with van der Waals surface area (Å²) in [7, 11) is 0. The van der Waals surface area contributed by atoms with Crippen LogP contribution in [0.15, 0.2) is 30.7 Å². The van der Waals surface area contributed by atoms with Gasteiger partial charge in [0.05, 0.1) is 29.3 Å². The molecule has 1 aromatic heterocycles. The molecule has 0 aliphatic heterocycles. The van der Waals surface area contributed by atoms with E-state index in [9.17, 15) is 0 Å². The number of nitrogens with zero attached hydrogens (tertiary/aromatic N) is 2. The van der Waals surface area contributed by atoms with Crippen LogP contribution in [0.5, 0.6) is 0 Å². The SMILES string of the molecule is Clc1cc(I)ccc1NCc1cncn1C1CC1. The molecule has 3 rings (SSSR count). The van der Waals surface area contributed by atoms with Gasteiger partial charge in [-0.3, -0.25) is 0 Å². The Bertz CT molecular complexity index is 563. The third-order valence-electron chi connectivity index (χ3n) is 3.08. The molecule has 3 nitrogen and oxygen atoms in total. The van der Waals surface area contributed by atoms with E-state index in [1.807, 2.05) is 30.7 Å². The van der Waals surface area contributed by atoms with Gasteiger partial charge in [-0.1, -0.05) is 11.6 Å². The first kappa shape index (κ1) is 12.3. The predicted molar refractivity (Wildman–Crippen MR) is 82.0 cm³/mol. The minimum Gasteiger partial charge on any atom is -0.378 e. The Hall–Kier alpha value is -0.750. The molecule has 0 amide bonds. The molecular weight excluding hydrogens is 361 g/mol. The molecular formula is C13H13ClIN3. The Morgan fingerprint density at radius 3 is 3.00 bits per heavy atom. The number of aromatic nitrogens is 2. The molecule has 0 unspecified atom stereocenters. The van der Waals surface area contributed by atoms with Crippen molar-refractivity contribution in [2.45, 2.75) is 25.4 Å². The molecule has 1 fully saturated rings. The van der Waals surface area contributed by atoms with Crippen LogP contribution >= 0.6 is 34.2 Å². The van der Waals surface area contributed by atoms with Gasteiger partial charge in [-0.05, 0) is 53.6 Å². The topological polar surface area (TPSA) is 29.9 Å². The molecule has 0 atom stereocenters. The minimum atomic E-state index is 0.663. The molecule has 0 radical (unpaired) electrons. The van der Waals surface area contributed by atoms with Gasteiger partial charge in [0, 0.05) is 15.8 Å². The molecule has 2 aromatic rings. The first-order chi connectivity index (χ1) is 8.74. The lowest BCUT2D eigenvalue weighted by atomic mass is 10.3. The van der Waals surface area contributed by atoms with Crippen molar-refractivity contribution in [2.75, 3.05) is 5.32 Å². The first-order valence-corrected chi connectivity index (χ1v) is 7.39. The lowest BCUT2D eigenvalue weighted by Crippen LogP contribution is -2.06. The molecule has 1 saturated carbocycles. The van der Waals surface area contributed by atoms with Crippen molar-refractivity contribution in [3.05, 3.63) is 45.0 Å². The highest BCUT2D eigenvalue weighted by Crippen LogP contribution is 2.35. The zero-order valence-corrected chi connectivity index (χ0v) is 12.6. The Labute approximate surface area is 125 Å². The number of halogens is 2. The highest BCUT2D eigenvalue weighted by atomic mass is 127. The van der Waals surface area contributed by atoms with Gasteiger partial charge < -0.3 is 9.88 Å². The van der Waals surface area contributed by atoms with Crippen LogP contribution in [-0.2, 0) is 6.54 Å². The highest BCUT2D eigenvalue weighted by molar-refractivity contribution is 14.1. The Kier molecular flexibility index (Phi) is 3.48. The molecule has 1 aliphatic carbocycles. The van der Waals surface area contributed by atoms with E-state index in [1.54, 1.807) is 0 Å². The summed E-state index contributed by atoms with van der Waals surface area (Å²) in [5.74, 6) is 0. The van der Waals surface area contributed by atoms with E-state index >= 15 is 0 Å². The third-order valence-corrected chi connectivity index (χ3v) is 4.06. The molecule has 0 saturated heterocycles. The van der Waals surface area contributed by atoms with Gasteiger partial charge in [0.15, 0.2) is 0 Å². The van der Waals surface area contributed by atoms with Crippen molar-refractivity contribution in [3.63, 3.8) is 0 Å². The van der Waals surface area contributed by atoms with Gasteiger partial charge in [-0.15, -0.1) is 0 Å². The largest absolute Gasteiger partial charge is 0.378 e. The summed E-state index contributed by atoms with van der Waals surface area (Å²) >= 11 is 8.45. The number of hydrogen-bond donors (Lipinski definition) is 1. The predicted octanol–water partition coefficient (Wildman–Crippen LogP) is 4.09. The molecule has 5 heteroatoms. The van der Waals surface area contributed by atoms with E-state index in [0.717, 1.165) is 20.8 Å². The van der Waals surface area contributed by atoms with Gasteiger partial charge in [0.1, 0.15) is 0 Å². The fraction of sp³-hybridized carbons (Fsp3) is 0.308. The molecule has 94 valence electrons. The maximum Gasteiger partial charge on any atom is 0.0951 e. The molecule has 0 spiro atoms. The molecule has 1 N–H and O–H groups in total. The average Bonchev–Trinajstić information content (AvgIpc) is 3.08. The minimum absolute atomic E-state index is 0.663. The summed E-state index contributed by atoms with van der Waals surface area (Å²) < 4.78 is 3.40. The smallest absolute Gasteiger partial charge is 0.0951 e.